The van der Waals surface area contributed by atoms with Gasteiger partial charge in [-0.15, -0.1) is 0 Å². The van der Waals surface area contributed by atoms with Gasteiger partial charge >= 0.3 is 0 Å². The molecule has 0 aromatic heterocycles. The van der Waals surface area contributed by atoms with Crippen LogP contribution in [0, 0.1) is 107 Å². The van der Waals surface area contributed by atoms with Crippen molar-refractivity contribution in [1.29, 1.82) is 0 Å². The number of carbonyl (C=O) groups excluding carboxylic acids is 3. The van der Waals surface area contributed by atoms with E-state index in [-0.39, 0.29) is 35.8 Å². The first-order chi connectivity index (χ1) is 32.3. The maximum atomic E-state index is 15.1. The third kappa shape index (κ3) is 19.2. The van der Waals surface area contributed by atoms with Crippen LogP contribution in [0.4, 0.5) is 0 Å². The predicted molar refractivity (Wildman–Crippen MR) is 294 cm³/mol. The Balaban J connectivity index is 1.82. The van der Waals surface area contributed by atoms with Crippen molar-refractivity contribution in [3.8, 4) is 0 Å². The minimum Gasteiger partial charge on any atom is -0.349 e. The van der Waals surface area contributed by atoms with Gasteiger partial charge in [0.2, 0.25) is 0 Å². The van der Waals surface area contributed by atoms with Gasteiger partial charge in [0.05, 0.1) is 0 Å². The van der Waals surface area contributed by atoms with Crippen molar-refractivity contribution in [1.82, 2.24) is 16.0 Å². The fourth-order valence-corrected chi connectivity index (χ4v) is 15.0. The van der Waals surface area contributed by atoms with E-state index in [4.69, 9.17) is 0 Å². The van der Waals surface area contributed by atoms with Gasteiger partial charge in [-0.3, -0.25) is 14.4 Å². The van der Waals surface area contributed by atoms with Crippen LogP contribution in [-0.4, -0.2) is 35.8 Å². The van der Waals surface area contributed by atoms with Crippen molar-refractivity contribution >= 4 is 17.7 Å². The first kappa shape index (κ1) is 59.2. The van der Waals surface area contributed by atoms with E-state index in [2.05, 4.69) is 141 Å². The Morgan fingerprint density at radius 1 is 0.319 bits per heavy atom. The first-order valence-corrected chi connectivity index (χ1v) is 29.4. The normalized spacial score (nSPS) is 29.1. The molecular formula is C63H111N3O3. The highest BCUT2D eigenvalue weighted by molar-refractivity contribution is 6.04. The van der Waals surface area contributed by atoms with Crippen molar-refractivity contribution in [2.75, 3.05) is 0 Å². The van der Waals surface area contributed by atoms with Crippen molar-refractivity contribution in [2.24, 2.45) is 107 Å². The van der Waals surface area contributed by atoms with Gasteiger partial charge in [0.15, 0.2) is 0 Å². The van der Waals surface area contributed by atoms with Crippen molar-refractivity contribution in [3.05, 3.63) is 34.9 Å². The standard InChI is InChI=1S/C63H111N3O3/c1-37(2)19-46-28-49(22-40(7)8)58(50(29-46)23-41(9)10)64-61(67)55-34-56(62(68)65-59-51(24-42(11)12)30-47(20-38(3)4)31-52(59)25-43(13)14)36-57(35-55)63(69)66-60-53(26-44(15)16)32-48(21-39(5)6)33-54(60)27-45(17)18/h34-54,58-60H,19-33H2,1-18H3,(H,64,67)(H,65,68)(H,66,69). The lowest BCUT2D eigenvalue weighted by atomic mass is 9.65. The Kier molecular flexibility index (Phi) is 23.7. The topological polar surface area (TPSA) is 87.3 Å². The van der Waals surface area contributed by atoms with Gasteiger partial charge in [-0.1, -0.05) is 125 Å². The van der Waals surface area contributed by atoms with E-state index < -0.39 is 0 Å². The second-order valence-corrected chi connectivity index (χ2v) is 28.0. The third-order valence-corrected chi connectivity index (χ3v) is 16.5. The lowest BCUT2D eigenvalue weighted by Gasteiger charge is -2.44. The van der Waals surface area contributed by atoms with Gasteiger partial charge in [-0.2, -0.15) is 0 Å². The van der Waals surface area contributed by atoms with Crippen LogP contribution in [0.25, 0.3) is 0 Å². The molecule has 3 amide bonds. The van der Waals surface area contributed by atoms with E-state index in [0.29, 0.717) is 123 Å². The van der Waals surface area contributed by atoms with Gasteiger partial charge < -0.3 is 16.0 Å². The summed E-state index contributed by atoms with van der Waals surface area (Å²) < 4.78 is 0. The smallest absolute Gasteiger partial charge is 0.251 e. The molecule has 6 heteroatoms. The molecule has 6 unspecified atom stereocenters. The molecule has 4 rings (SSSR count). The second-order valence-electron chi connectivity index (χ2n) is 28.0. The first-order valence-electron chi connectivity index (χ1n) is 29.4. The molecule has 3 fully saturated rings. The number of rotatable bonds is 24. The zero-order chi connectivity index (χ0) is 51.4. The van der Waals surface area contributed by atoms with Gasteiger partial charge in [-0.25, -0.2) is 0 Å². The zero-order valence-electron chi connectivity index (χ0n) is 48.2. The molecule has 3 aliphatic carbocycles. The molecule has 0 radical (unpaired) electrons. The molecule has 1 aromatic rings. The minimum atomic E-state index is -0.150. The fourth-order valence-electron chi connectivity index (χ4n) is 15.0. The fraction of sp³-hybridized carbons (Fsp3) is 0.857. The summed E-state index contributed by atoms with van der Waals surface area (Å²) >= 11 is 0. The van der Waals surface area contributed by atoms with Gasteiger partial charge in [0, 0.05) is 34.8 Å². The summed E-state index contributed by atoms with van der Waals surface area (Å²) in [5.74, 6) is 8.88. The summed E-state index contributed by atoms with van der Waals surface area (Å²) in [5, 5.41) is 11.0. The molecule has 0 aliphatic heterocycles. The molecule has 3 saturated carbocycles. The molecular weight excluding hydrogens is 847 g/mol. The number of hydrogen-bond acceptors (Lipinski definition) is 3. The van der Waals surface area contributed by atoms with Crippen LogP contribution in [-0.2, 0) is 0 Å². The van der Waals surface area contributed by atoms with E-state index in [0.717, 1.165) is 77.0 Å². The van der Waals surface area contributed by atoms with Crippen LogP contribution in [0.15, 0.2) is 18.2 Å². The summed E-state index contributed by atoms with van der Waals surface area (Å²) in [4.78, 5) is 45.4. The highest BCUT2D eigenvalue weighted by atomic mass is 16.2. The van der Waals surface area contributed by atoms with E-state index in [1.807, 2.05) is 18.2 Å². The number of amides is 3. The van der Waals surface area contributed by atoms with Crippen LogP contribution in [0.5, 0.6) is 0 Å². The zero-order valence-corrected chi connectivity index (χ0v) is 48.2. The Hall–Kier alpha value is -2.37. The minimum absolute atomic E-state index is 0.0460. The molecule has 3 N–H and O–H groups in total. The number of benzene rings is 1. The quantitative estimate of drug-likeness (QED) is 0.0965. The predicted octanol–water partition coefficient (Wildman–Crippen LogP) is 16.3. The summed E-state index contributed by atoms with van der Waals surface area (Å²) in [7, 11) is 0. The Labute approximate surface area is 426 Å². The molecule has 0 bridgehead atoms. The Bertz CT molecular complexity index is 1440. The largest absolute Gasteiger partial charge is 0.349 e. The molecule has 396 valence electrons. The van der Waals surface area contributed by atoms with Crippen LogP contribution in [0.3, 0.4) is 0 Å². The molecule has 1 aromatic carbocycles. The molecule has 0 heterocycles. The SMILES string of the molecule is CC(C)CC1CC(CC(C)C)C(NC(=O)c2cc(C(=O)NC3C(CC(C)C)CC(CC(C)C)CC3CC(C)C)cc(C(=O)NC3C(CC(C)C)CC(CC(C)C)CC3CC(C)C)c2)C(CC(C)C)C1. The van der Waals surface area contributed by atoms with Crippen molar-refractivity contribution in [3.63, 3.8) is 0 Å². The van der Waals surface area contributed by atoms with Gasteiger partial charge in [0.25, 0.3) is 17.7 Å². The second kappa shape index (κ2) is 27.6. The van der Waals surface area contributed by atoms with Crippen LogP contribution in [0.2, 0.25) is 0 Å². The van der Waals surface area contributed by atoms with Crippen LogP contribution in [0.1, 0.15) is 252 Å². The summed E-state index contributed by atoms with van der Waals surface area (Å²) in [6, 6.07) is 5.60. The summed E-state index contributed by atoms with van der Waals surface area (Å²) in [6.07, 6.45) is 16.9. The van der Waals surface area contributed by atoms with E-state index in [1.54, 1.807) is 0 Å². The molecule has 6 nitrogen and oxygen atoms in total. The molecule has 6 atom stereocenters. The molecule has 69 heavy (non-hydrogen) atoms. The van der Waals surface area contributed by atoms with Crippen LogP contribution < -0.4 is 16.0 Å². The number of carbonyl (C=O) groups is 3. The molecule has 0 spiro atoms. The molecule has 0 saturated heterocycles. The highest BCUT2D eigenvalue weighted by Crippen LogP contribution is 2.45. The molecule has 3 aliphatic rings. The third-order valence-electron chi connectivity index (χ3n) is 16.5. The Morgan fingerprint density at radius 3 is 0.623 bits per heavy atom. The van der Waals surface area contributed by atoms with E-state index >= 15 is 14.4 Å². The number of hydrogen-bond donors (Lipinski definition) is 3. The van der Waals surface area contributed by atoms with Crippen molar-refractivity contribution < 1.29 is 14.4 Å². The number of nitrogens with one attached hydrogen (secondary N) is 3. The summed E-state index contributed by atoms with van der Waals surface area (Å²) in [5.41, 5.74) is 1.29. The summed E-state index contributed by atoms with van der Waals surface area (Å²) in [6.45, 7) is 41.9. The van der Waals surface area contributed by atoms with Gasteiger partial charge in [0.1, 0.15) is 0 Å². The maximum Gasteiger partial charge on any atom is 0.251 e. The van der Waals surface area contributed by atoms with E-state index in [1.165, 1.54) is 19.3 Å². The highest BCUT2D eigenvalue weighted by Gasteiger charge is 2.43. The lowest BCUT2D eigenvalue weighted by Crippen LogP contribution is -2.51. The lowest BCUT2D eigenvalue weighted by molar-refractivity contribution is 0.0701. The average molecular weight is 959 g/mol. The van der Waals surface area contributed by atoms with E-state index in [9.17, 15) is 0 Å². The van der Waals surface area contributed by atoms with Gasteiger partial charge in [-0.05, 0) is 221 Å². The maximum absolute atomic E-state index is 15.1. The van der Waals surface area contributed by atoms with Crippen molar-refractivity contribution in [2.45, 2.75) is 239 Å². The monoisotopic (exact) mass is 958 g/mol. The Morgan fingerprint density at radius 2 is 0.478 bits per heavy atom. The average Bonchev–Trinajstić information content (AvgIpc) is 3.19. The van der Waals surface area contributed by atoms with Crippen LogP contribution >= 0.6 is 0 Å².